The molecule has 0 saturated carbocycles. The number of fused-ring (bicyclic) bond motifs is 1. The van der Waals surface area contributed by atoms with E-state index in [1.165, 1.54) is 17.2 Å². The molecular formula is C36H38N4O8. The second-order valence-corrected chi connectivity index (χ2v) is 11.8. The Kier molecular flexibility index (Phi) is 10.5. The number of likely N-dealkylation sites (N-methyl/N-ethyl adjacent to an activating group) is 1. The van der Waals surface area contributed by atoms with Gasteiger partial charge in [0.15, 0.2) is 0 Å². The first-order chi connectivity index (χ1) is 23.4. The van der Waals surface area contributed by atoms with Crippen molar-refractivity contribution in [3.05, 3.63) is 78.1 Å². The van der Waals surface area contributed by atoms with E-state index in [9.17, 15) is 14.4 Å². The lowest BCUT2D eigenvalue weighted by atomic mass is 10.0. The van der Waals surface area contributed by atoms with E-state index in [0.29, 0.717) is 34.9 Å². The number of pyridine rings is 1. The van der Waals surface area contributed by atoms with Crippen molar-refractivity contribution in [3.63, 3.8) is 0 Å². The van der Waals surface area contributed by atoms with Gasteiger partial charge in [-0.3, -0.25) is 24.3 Å². The molecule has 2 fully saturated rings. The standard InChI is InChI=1S/C36H38N4O8/c1-39-31-21-26(12-14-36(24-45-25-36)48-33(41)9-5-6-16-40-17-19-44-20-18-40)10-11-32(31)46-23-30(35(39)43)38-34(42)29-22-28(13-15-37-29)47-27-7-3-2-4-8-27/h2-4,7-8,10-11,13,15,21-22,30H,5-6,9,16-20,23-25H2,1H3,(H,38,42)/t30-/m0/s1. The highest BCUT2D eigenvalue weighted by Crippen LogP contribution is 2.32. The summed E-state index contributed by atoms with van der Waals surface area (Å²) in [6.45, 7) is 4.62. The van der Waals surface area contributed by atoms with Crippen LogP contribution in [0.25, 0.3) is 0 Å². The predicted molar refractivity (Wildman–Crippen MR) is 175 cm³/mol. The number of esters is 1. The number of carbonyl (C=O) groups is 3. The van der Waals surface area contributed by atoms with Crippen molar-refractivity contribution in [1.82, 2.24) is 15.2 Å². The molecule has 12 nitrogen and oxygen atoms in total. The fourth-order valence-corrected chi connectivity index (χ4v) is 5.46. The van der Waals surface area contributed by atoms with Crippen molar-refractivity contribution in [2.75, 3.05) is 64.6 Å². The molecule has 6 rings (SSSR count). The van der Waals surface area contributed by atoms with Crippen molar-refractivity contribution in [2.45, 2.75) is 30.9 Å². The number of para-hydroxylation sites is 1. The van der Waals surface area contributed by atoms with Crippen LogP contribution in [-0.4, -0.2) is 99.0 Å². The van der Waals surface area contributed by atoms with Gasteiger partial charge in [-0.15, -0.1) is 0 Å². The molecule has 2 saturated heterocycles. The number of anilines is 1. The van der Waals surface area contributed by atoms with Gasteiger partial charge in [-0.05, 0) is 61.7 Å². The number of nitrogens with one attached hydrogen (secondary N) is 1. The second kappa shape index (κ2) is 15.3. The van der Waals surface area contributed by atoms with Crippen LogP contribution < -0.4 is 19.7 Å². The highest BCUT2D eigenvalue weighted by Gasteiger charge is 2.41. The van der Waals surface area contributed by atoms with Crippen LogP contribution in [0.3, 0.4) is 0 Å². The largest absolute Gasteiger partial charge is 0.489 e. The Bertz CT molecular complexity index is 1680. The maximum atomic E-state index is 13.5. The first kappa shape index (κ1) is 33.0. The number of amides is 2. The molecule has 3 aliphatic heterocycles. The summed E-state index contributed by atoms with van der Waals surface area (Å²) in [6.07, 6.45) is 3.43. The lowest BCUT2D eigenvalue weighted by molar-refractivity contribution is -0.192. The molecule has 2 amide bonds. The molecule has 1 N–H and O–H groups in total. The number of benzene rings is 2. The minimum atomic E-state index is -1.00. The molecule has 1 atom stereocenters. The molecular weight excluding hydrogens is 616 g/mol. The molecule has 0 aliphatic carbocycles. The Morgan fingerprint density at radius 1 is 1.02 bits per heavy atom. The van der Waals surface area contributed by atoms with Crippen LogP contribution in [0.4, 0.5) is 5.69 Å². The van der Waals surface area contributed by atoms with E-state index in [1.54, 1.807) is 43.4 Å². The van der Waals surface area contributed by atoms with Crippen molar-refractivity contribution in [1.29, 1.82) is 0 Å². The number of morpholine rings is 1. The van der Waals surface area contributed by atoms with Gasteiger partial charge in [0.25, 0.3) is 11.8 Å². The third kappa shape index (κ3) is 8.30. The first-order valence-electron chi connectivity index (χ1n) is 16.0. The number of hydrogen-bond acceptors (Lipinski definition) is 10. The van der Waals surface area contributed by atoms with E-state index in [4.69, 9.17) is 23.7 Å². The maximum absolute atomic E-state index is 13.5. The van der Waals surface area contributed by atoms with Gasteiger partial charge in [0.2, 0.25) is 5.60 Å². The van der Waals surface area contributed by atoms with E-state index in [0.717, 1.165) is 45.7 Å². The number of nitrogens with zero attached hydrogens (tertiary/aromatic N) is 3. The zero-order valence-corrected chi connectivity index (χ0v) is 26.8. The summed E-state index contributed by atoms with van der Waals surface area (Å²) in [4.78, 5) is 47.1. The molecule has 0 bridgehead atoms. The quantitative estimate of drug-likeness (QED) is 0.198. The summed E-state index contributed by atoms with van der Waals surface area (Å²) >= 11 is 0. The molecule has 2 aromatic carbocycles. The third-order valence-corrected chi connectivity index (χ3v) is 8.23. The van der Waals surface area contributed by atoms with E-state index >= 15 is 0 Å². The van der Waals surface area contributed by atoms with Gasteiger partial charge >= 0.3 is 5.97 Å². The number of aromatic nitrogens is 1. The number of rotatable bonds is 10. The molecule has 0 radical (unpaired) electrons. The topological polar surface area (TPSA) is 129 Å². The number of hydrogen-bond donors (Lipinski definition) is 1. The van der Waals surface area contributed by atoms with E-state index < -0.39 is 17.6 Å². The zero-order chi connectivity index (χ0) is 33.3. The summed E-state index contributed by atoms with van der Waals surface area (Å²) in [5.41, 5.74) is 0.197. The van der Waals surface area contributed by atoms with Crippen molar-refractivity contribution in [2.24, 2.45) is 0 Å². The van der Waals surface area contributed by atoms with Crippen LogP contribution in [0.15, 0.2) is 66.9 Å². The van der Waals surface area contributed by atoms with Crippen LogP contribution in [0.2, 0.25) is 0 Å². The molecule has 3 aliphatic rings. The Labute approximate surface area is 279 Å². The van der Waals surface area contributed by atoms with Gasteiger partial charge < -0.3 is 33.9 Å². The maximum Gasteiger partial charge on any atom is 0.307 e. The van der Waals surface area contributed by atoms with E-state index in [-0.39, 0.29) is 37.4 Å². The average molecular weight is 655 g/mol. The normalized spacial score (nSPS) is 18.6. The van der Waals surface area contributed by atoms with Gasteiger partial charge in [0.05, 0.1) is 18.9 Å². The monoisotopic (exact) mass is 654 g/mol. The molecule has 250 valence electrons. The van der Waals surface area contributed by atoms with Crippen LogP contribution in [0.5, 0.6) is 17.2 Å². The molecule has 0 spiro atoms. The van der Waals surface area contributed by atoms with Crippen LogP contribution >= 0.6 is 0 Å². The van der Waals surface area contributed by atoms with Crippen molar-refractivity contribution < 1.29 is 38.1 Å². The molecule has 12 heteroatoms. The summed E-state index contributed by atoms with van der Waals surface area (Å²) in [6, 6.07) is 16.6. The van der Waals surface area contributed by atoms with Gasteiger partial charge in [0.1, 0.15) is 48.8 Å². The molecule has 3 aromatic rings. The highest BCUT2D eigenvalue weighted by atomic mass is 16.6. The molecule has 0 unspecified atom stereocenters. The minimum absolute atomic E-state index is 0.0734. The lowest BCUT2D eigenvalue weighted by Gasteiger charge is -2.36. The van der Waals surface area contributed by atoms with E-state index in [1.807, 2.05) is 18.2 Å². The highest BCUT2D eigenvalue weighted by molar-refractivity contribution is 6.03. The Hall–Kier alpha value is -4.96. The van der Waals surface area contributed by atoms with Crippen molar-refractivity contribution >= 4 is 23.5 Å². The number of carbonyl (C=O) groups excluding carboxylic acids is 3. The summed E-state index contributed by atoms with van der Waals surface area (Å²) in [5, 5.41) is 2.74. The van der Waals surface area contributed by atoms with Gasteiger partial charge in [0, 0.05) is 44.4 Å². The summed E-state index contributed by atoms with van der Waals surface area (Å²) in [5.74, 6) is 6.49. The van der Waals surface area contributed by atoms with Crippen LogP contribution in [0.1, 0.15) is 35.3 Å². The summed E-state index contributed by atoms with van der Waals surface area (Å²) in [7, 11) is 1.61. The SMILES string of the molecule is CN1C(=O)[C@@H](NC(=O)c2cc(Oc3ccccc3)ccn2)COc2ccc(C#CC3(OC(=O)CCCCN4CCOCC4)COC3)cc21. The van der Waals surface area contributed by atoms with E-state index in [2.05, 4.69) is 27.0 Å². The van der Waals surface area contributed by atoms with Crippen LogP contribution in [-0.2, 0) is 23.8 Å². The fraction of sp³-hybridized carbons (Fsp3) is 0.389. The molecule has 48 heavy (non-hydrogen) atoms. The number of unbranched alkanes of at least 4 members (excludes halogenated alkanes) is 1. The second-order valence-electron chi connectivity index (χ2n) is 11.8. The smallest absolute Gasteiger partial charge is 0.307 e. The third-order valence-electron chi connectivity index (χ3n) is 8.23. The molecule has 4 heterocycles. The fourth-order valence-electron chi connectivity index (χ4n) is 5.46. The van der Waals surface area contributed by atoms with Gasteiger partial charge in [-0.25, -0.2) is 0 Å². The Balaban J connectivity index is 1.05. The minimum Gasteiger partial charge on any atom is -0.489 e. The molecule has 1 aromatic heterocycles. The Morgan fingerprint density at radius 3 is 2.60 bits per heavy atom. The van der Waals surface area contributed by atoms with Crippen molar-refractivity contribution in [3.8, 4) is 29.1 Å². The van der Waals surface area contributed by atoms with Gasteiger partial charge in [-0.2, -0.15) is 0 Å². The zero-order valence-electron chi connectivity index (χ0n) is 26.8. The summed E-state index contributed by atoms with van der Waals surface area (Å²) < 4.78 is 28.3. The van der Waals surface area contributed by atoms with Crippen LogP contribution in [0, 0.1) is 11.8 Å². The Morgan fingerprint density at radius 2 is 1.83 bits per heavy atom. The predicted octanol–water partition coefficient (Wildman–Crippen LogP) is 3.19. The lowest BCUT2D eigenvalue weighted by Crippen LogP contribution is -2.52. The van der Waals surface area contributed by atoms with Gasteiger partial charge in [-0.1, -0.05) is 24.1 Å². The first-order valence-corrected chi connectivity index (χ1v) is 16.0. The average Bonchev–Trinajstić information content (AvgIpc) is 3.20. The number of ether oxygens (including phenoxy) is 5.